The summed E-state index contributed by atoms with van der Waals surface area (Å²) in [5.41, 5.74) is 4.61. The minimum atomic E-state index is -0.404. The highest BCUT2D eigenvalue weighted by Gasteiger charge is 2.19. The number of aryl methyl sites for hydroxylation is 1. The largest absolute Gasteiger partial charge is 0.360 e. The molecule has 134 valence electrons. The van der Waals surface area contributed by atoms with Gasteiger partial charge in [0.15, 0.2) is 0 Å². The van der Waals surface area contributed by atoms with Crippen molar-refractivity contribution in [1.82, 2.24) is 15.0 Å². The summed E-state index contributed by atoms with van der Waals surface area (Å²) in [4.78, 5) is 10.6. The van der Waals surface area contributed by atoms with E-state index in [1.165, 1.54) is 12.1 Å². The highest BCUT2D eigenvalue weighted by Crippen LogP contribution is 2.27. The van der Waals surface area contributed by atoms with Gasteiger partial charge in [0.05, 0.1) is 10.4 Å². The van der Waals surface area contributed by atoms with Crippen molar-refractivity contribution >= 4 is 22.4 Å². The smallest absolute Gasteiger partial charge is 0.269 e. The number of nitro benzene ring substituents is 1. The summed E-state index contributed by atoms with van der Waals surface area (Å²) in [6, 6.07) is 22.1. The lowest BCUT2D eigenvalue weighted by Gasteiger charge is -2.22. The molecule has 7 heteroatoms. The predicted molar refractivity (Wildman–Crippen MR) is 104 cm³/mol. The summed E-state index contributed by atoms with van der Waals surface area (Å²) >= 11 is 0. The Morgan fingerprint density at radius 3 is 2.44 bits per heavy atom. The lowest BCUT2D eigenvalue weighted by molar-refractivity contribution is -0.384. The Hall–Kier alpha value is -3.74. The first-order valence-corrected chi connectivity index (χ1v) is 8.50. The van der Waals surface area contributed by atoms with Gasteiger partial charge in [-0.25, -0.2) is 4.68 Å². The minimum Gasteiger partial charge on any atom is -0.360 e. The van der Waals surface area contributed by atoms with Crippen molar-refractivity contribution in [2.75, 3.05) is 5.32 Å². The van der Waals surface area contributed by atoms with Crippen LogP contribution in [0.2, 0.25) is 0 Å². The summed E-state index contributed by atoms with van der Waals surface area (Å²) in [5, 5.41) is 23.0. The molecule has 1 N–H and O–H groups in total. The number of hydrogen-bond acceptors (Lipinski definition) is 5. The number of nitro groups is 1. The molecule has 0 fully saturated rings. The molecule has 4 aromatic rings. The van der Waals surface area contributed by atoms with Gasteiger partial charge in [-0.1, -0.05) is 35.5 Å². The van der Waals surface area contributed by atoms with Gasteiger partial charge in [-0.05, 0) is 48.4 Å². The third-order valence-electron chi connectivity index (χ3n) is 4.48. The molecular weight excluding hydrogens is 342 g/mol. The Bertz CT molecular complexity index is 1100. The van der Waals surface area contributed by atoms with Crippen LogP contribution in [0.1, 0.15) is 17.3 Å². The number of para-hydroxylation sites is 2. The molecule has 4 rings (SSSR count). The van der Waals surface area contributed by atoms with E-state index in [4.69, 9.17) is 0 Å². The van der Waals surface area contributed by atoms with Gasteiger partial charge in [0.2, 0.25) is 0 Å². The molecule has 0 bridgehead atoms. The van der Waals surface area contributed by atoms with E-state index >= 15 is 0 Å². The summed E-state index contributed by atoms with van der Waals surface area (Å²) < 4.78 is 1.79. The second-order valence-electron chi connectivity index (χ2n) is 6.23. The Kier molecular flexibility index (Phi) is 4.25. The third-order valence-corrected chi connectivity index (χ3v) is 4.48. The lowest BCUT2D eigenvalue weighted by atomic mass is 10.1. The van der Waals surface area contributed by atoms with Gasteiger partial charge in [0, 0.05) is 17.8 Å². The van der Waals surface area contributed by atoms with Crippen LogP contribution < -0.4 is 5.32 Å². The molecule has 0 saturated heterocycles. The first-order chi connectivity index (χ1) is 13.1. The first kappa shape index (κ1) is 16.7. The van der Waals surface area contributed by atoms with Crippen LogP contribution in [0.25, 0.3) is 11.0 Å². The maximum absolute atomic E-state index is 11.0. The van der Waals surface area contributed by atoms with Crippen LogP contribution in [0.15, 0.2) is 72.8 Å². The minimum absolute atomic E-state index is 0.0526. The molecule has 0 aliphatic rings. The summed E-state index contributed by atoms with van der Waals surface area (Å²) in [5.74, 6) is 0. The van der Waals surface area contributed by atoms with E-state index in [0.29, 0.717) is 0 Å². The molecule has 0 amide bonds. The van der Waals surface area contributed by atoms with Crippen molar-refractivity contribution < 1.29 is 4.92 Å². The van der Waals surface area contributed by atoms with Crippen LogP contribution in [0.3, 0.4) is 0 Å². The molecule has 3 aromatic carbocycles. The Balaban J connectivity index is 1.82. The fraction of sp³-hybridized carbons (Fsp3) is 0.100. The van der Waals surface area contributed by atoms with Crippen LogP contribution in [-0.4, -0.2) is 19.9 Å². The summed E-state index contributed by atoms with van der Waals surface area (Å²) in [7, 11) is 0. The number of benzene rings is 3. The van der Waals surface area contributed by atoms with Gasteiger partial charge in [-0.2, -0.15) is 0 Å². The molecule has 1 atom stereocenters. The maximum Gasteiger partial charge on any atom is 0.269 e. The Morgan fingerprint density at radius 2 is 1.70 bits per heavy atom. The first-order valence-electron chi connectivity index (χ1n) is 8.50. The SMILES string of the molecule is Cc1ccccc1N[C@H](c1ccc([N+](=O)[O-])cc1)n1nnc2ccccc21. The zero-order valence-corrected chi connectivity index (χ0v) is 14.6. The van der Waals surface area contributed by atoms with Crippen LogP contribution in [0, 0.1) is 17.0 Å². The number of anilines is 1. The van der Waals surface area contributed by atoms with Crippen molar-refractivity contribution in [2.24, 2.45) is 0 Å². The average Bonchev–Trinajstić information content (AvgIpc) is 3.11. The van der Waals surface area contributed by atoms with Gasteiger partial charge in [0.25, 0.3) is 5.69 Å². The van der Waals surface area contributed by atoms with E-state index in [-0.39, 0.29) is 11.9 Å². The van der Waals surface area contributed by atoms with Crippen molar-refractivity contribution in [3.8, 4) is 0 Å². The van der Waals surface area contributed by atoms with Crippen LogP contribution in [-0.2, 0) is 0 Å². The molecule has 0 aliphatic carbocycles. The predicted octanol–water partition coefficient (Wildman–Crippen LogP) is 4.31. The topological polar surface area (TPSA) is 85.9 Å². The zero-order valence-electron chi connectivity index (χ0n) is 14.6. The molecular formula is C20H17N5O2. The van der Waals surface area contributed by atoms with Crippen LogP contribution in [0.4, 0.5) is 11.4 Å². The summed E-state index contributed by atoms with van der Waals surface area (Å²) in [6.07, 6.45) is -0.362. The Morgan fingerprint density at radius 1 is 1.00 bits per heavy atom. The van der Waals surface area contributed by atoms with Crippen LogP contribution >= 0.6 is 0 Å². The molecule has 0 aliphatic heterocycles. The number of hydrogen-bond donors (Lipinski definition) is 1. The zero-order chi connectivity index (χ0) is 18.8. The van der Waals surface area contributed by atoms with E-state index in [1.807, 2.05) is 55.5 Å². The highest BCUT2D eigenvalue weighted by atomic mass is 16.6. The average molecular weight is 359 g/mol. The van der Waals surface area contributed by atoms with Gasteiger partial charge < -0.3 is 5.32 Å². The highest BCUT2D eigenvalue weighted by molar-refractivity contribution is 5.74. The number of rotatable bonds is 5. The molecule has 1 aromatic heterocycles. The number of nitrogens with one attached hydrogen (secondary N) is 1. The third kappa shape index (κ3) is 3.22. The monoisotopic (exact) mass is 359 g/mol. The van der Waals surface area contributed by atoms with E-state index < -0.39 is 4.92 Å². The van der Waals surface area contributed by atoms with E-state index in [9.17, 15) is 10.1 Å². The molecule has 0 saturated carbocycles. The molecule has 0 radical (unpaired) electrons. The maximum atomic E-state index is 11.0. The van der Waals surface area contributed by atoms with Crippen molar-refractivity contribution in [3.05, 3.63) is 94.0 Å². The van der Waals surface area contributed by atoms with Gasteiger partial charge in [0.1, 0.15) is 11.7 Å². The standard InChI is InChI=1S/C20H17N5O2/c1-14-6-2-3-7-17(14)21-20(15-10-12-16(13-11-15)25(26)27)24-19-9-5-4-8-18(19)22-23-24/h2-13,20-21H,1H3/t20-/m0/s1. The van der Waals surface area contributed by atoms with Gasteiger partial charge in [-0.3, -0.25) is 10.1 Å². The molecule has 27 heavy (non-hydrogen) atoms. The molecule has 7 nitrogen and oxygen atoms in total. The lowest BCUT2D eigenvalue weighted by Crippen LogP contribution is -2.21. The number of non-ortho nitro benzene ring substituents is 1. The fourth-order valence-corrected chi connectivity index (χ4v) is 3.02. The van der Waals surface area contributed by atoms with E-state index in [2.05, 4.69) is 15.6 Å². The second kappa shape index (κ2) is 6.87. The number of aromatic nitrogens is 3. The van der Waals surface area contributed by atoms with Crippen molar-refractivity contribution in [2.45, 2.75) is 13.1 Å². The van der Waals surface area contributed by atoms with E-state index in [0.717, 1.165) is 27.8 Å². The van der Waals surface area contributed by atoms with Gasteiger partial charge >= 0.3 is 0 Å². The second-order valence-corrected chi connectivity index (χ2v) is 6.23. The summed E-state index contributed by atoms with van der Waals surface area (Å²) in [6.45, 7) is 2.02. The number of nitrogens with zero attached hydrogens (tertiary/aromatic N) is 4. The molecule has 0 unspecified atom stereocenters. The normalized spacial score (nSPS) is 12.0. The molecule has 0 spiro atoms. The van der Waals surface area contributed by atoms with E-state index in [1.54, 1.807) is 16.8 Å². The fourth-order valence-electron chi connectivity index (χ4n) is 3.02. The molecule has 1 heterocycles. The van der Waals surface area contributed by atoms with Gasteiger partial charge in [-0.15, -0.1) is 5.10 Å². The Labute approximate surface area is 155 Å². The van der Waals surface area contributed by atoms with Crippen molar-refractivity contribution in [1.29, 1.82) is 0 Å². The number of fused-ring (bicyclic) bond motifs is 1. The van der Waals surface area contributed by atoms with Crippen molar-refractivity contribution in [3.63, 3.8) is 0 Å². The van der Waals surface area contributed by atoms with Crippen LogP contribution in [0.5, 0.6) is 0 Å². The quantitative estimate of drug-likeness (QED) is 0.424.